The van der Waals surface area contributed by atoms with Gasteiger partial charge in [0.05, 0.1) is 0 Å². The van der Waals surface area contributed by atoms with E-state index in [2.05, 4.69) is 26.9 Å². The van der Waals surface area contributed by atoms with Crippen LogP contribution in [-0.4, -0.2) is 43.2 Å². The fraction of sp³-hybridized carbons (Fsp3) is 0.333. The summed E-state index contributed by atoms with van der Waals surface area (Å²) >= 11 is 0. The monoisotopic (exact) mass is 377 g/mol. The number of benzene rings is 1. The second-order valence-corrected chi connectivity index (χ2v) is 6.93. The summed E-state index contributed by atoms with van der Waals surface area (Å²) in [6.07, 6.45) is 3.05. The highest BCUT2D eigenvalue weighted by atomic mass is 16.2. The van der Waals surface area contributed by atoms with Gasteiger partial charge in [0.2, 0.25) is 0 Å². The maximum atomic E-state index is 12.9. The van der Waals surface area contributed by atoms with Gasteiger partial charge in [-0.3, -0.25) is 9.59 Å². The number of nitrogens with zero attached hydrogens (tertiary/aromatic N) is 5. The molecule has 2 aromatic heterocycles. The van der Waals surface area contributed by atoms with E-state index in [1.807, 2.05) is 25.1 Å². The zero-order chi connectivity index (χ0) is 19.5. The summed E-state index contributed by atoms with van der Waals surface area (Å²) in [6, 6.07) is 13.3. The summed E-state index contributed by atoms with van der Waals surface area (Å²) < 4.78 is 3.70. The first-order valence-corrected chi connectivity index (χ1v) is 9.60. The molecule has 0 fully saturated rings. The van der Waals surface area contributed by atoms with Crippen molar-refractivity contribution in [1.82, 2.24) is 24.2 Å². The van der Waals surface area contributed by atoms with E-state index in [0.717, 1.165) is 18.1 Å². The van der Waals surface area contributed by atoms with Gasteiger partial charge in [0, 0.05) is 56.8 Å². The molecule has 1 aliphatic heterocycles. The van der Waals surface area contributed by atoms with Crippen LogP contribution in [0.3, 0.4) is 0 Å². The minimum Gasteiger partial charge on any atom is -0.336 e. The first-order valence-electron chi connectivity index (χ1n) is 9.60. The number of hydrogen-bond acceptors (Lipinski definition) is 4. The Kier molecular flexibility index (Phi) is 5.06. The molecule has 3 heterocycles. The normalized spacial score (nSPS) is 13.8. The molecule has 7 nitrogen and oxygen atoms in total. The number of aryl methyl sites for hydroxylation is 1. The molecule has 0 radical (unpaired) electrons. The van der Waals surface area contributed by atoms with E-state index in [0.29, 0.717) is 38.2 Å². The third-order valence-electron chi connectivity index (χ3n) is 5.18. The maximum Gasteiger partial charge on any atom is 0.254 e. The van der Waals surface area contributed by atoms with Gasteiger partial charge in [-0.2, -0.15) is 0 Å². The van der Waals surface area contributed by atoms with Crippen LogP contribution in [0.15, 0.2) is 53.5 Å². The standard InChI is InChI=1S/C21H23N5O2/c1-2-24-10-8-17(15-20(24)27)21(28)25-11-9-18-22-23-19(26(18)13-12-25)14-16-6-4-3-5-7-16/h3-8,10,15H,2,9,11-14H2,1H3. The van der Waals surface area contributed by atoms with Crippen molar-refractivity contribution in [1.29, 1.82) is 0 Å². The quantitative estimate of drug-likeness (QED) is 0.694. The number of rotatable bonds is 4. The lowest BCUT2D eigenvalue weighted by atomic mass is 10.1. The summed E-state index contributed by atoms with van der Waals surface area (Å²) in [4.78, 5) is 26.7. The summed E-state index contributed by atoms with van der Waals surface area (Å²) in [5.74, 6) is 1.72. The highest BCUT2D eigenvalue weighted by Crippen LogP contribution is 2.14. The number of amides is 1. The molecule has 0 saturated heterocycles. The lowest BCUT2D eigenvalue weighted by Crippen LogP contribution is -2.34. The van der Waals surface area contributed by atoms with Crippen LogP contribution in [0.4, 0.5) is 0 Å². The summed E-state index contributed by atoms with van der Waals surface area (Å²) in [6.45, 7) is 4.29. The Morgan fingerprint density at radius 2 is 1.89 bits per heavy atom. The van der Waals surface area contributed by atoms with Crippen LogP contribution >= 0.6 is 0 Å². The van der Waals surface area contributed by atoms with Crippen LogP contribution in [0.25, 0.3) is 0 Å². The summed E-state index contributed by atoms with van der Waals surface area (Å²) in [5, 5.41) is 8.70. The van der Waals surface area contributed by atoms with Crippen LogP contribution in [0, 0.1) is 0 Å². The minimum absolute atomic E-state index is 0.108. The van der Waals surface area contributed by atoms with E-state index in [9.17, 15) is 9.59 Å². The Morgan fingerprint density at radius 3 is 2.64 bits per heavy atom. The summed E-state index contributed by atoms with van der Waals surface area (Å²) in [5.41, 5.74) is 1.48. The predicted octanol–water partition coefficient (Wildman–Crippen LogP) is 1.75. The molecule has 0 bridgehead atoms. The molecular formula is C21H23N5O2. The van der Waals surface area contributed by atoms with Crippen LogP contribution in [0.2, 0.25) is 0 Å². The van der Waals surface area contributed by atoms with Crippen LogP contribution < -0.4 is 5.56 Å². The summed E-state index contributed by atoms with van der Waals surface area (Å²) in [7, 11) is 0. The van der Waals surface area contributed by atoms with Crippen molar-refractivity contribution < 1.29 is 4.79 Å². The van der Waals surface area contributed by atoms with E-state index in [1.54, 1.807) is 21.7 Å². The first-order chi connectivity index (χ1) is 13.7. The Balaban J connectivity index is 1.50. The minimum atomic E-state index is -0.148. The molecule has 4 rings (SSSR count). The lowest BCUT2D eigenvalue weighted by molar-refractivity contribution is 0.0758. The van der Waals surface area contributed by atoms with Gasteiger partial charge in [0.25, 0.3) is 11.5 Å². The van der Waals surface area contributed by atoms with Crippen molar-refractivity contribution >= 4 is 5.91 Å². The highest BCUT2D eigenvalue weighted by Gasteiger charge is 2.23. The fourth-order valence-corrected chi connectivity index (χ4v) is 3.58. The molecule has 0 atom stereocenters. The van der Waals surface area contributed by atoms with E-state index in [-0.39, 0.29) is 11.5 Å². The van der Waals surface area contributed by atoms with Crippen molar-refractivity contribution in [2.75, 3.05) is 13.1 Å². The van der Waals surface area contributed by atoms with Gasteiger partial charge in [-0.05, 0) is 18.6 Å². The van der Waals surface area contributed by atoms with Gasteiger partial charge < -0.3 is 14.0 Å². The van der Waals surface area contributed by atoms with E-state index in [1.165, 1.54) is 11.6 Å². The molecule has 0 unspecified atom stereocenters. The van der Waals surface area contributed by atoms with Gasteiger partial charge in [-0.25, -0.2) is 0 Å². The molecule has 144 valence electrons. The molecule has 0 saturated carbocycles. The Hall–Kier alpha value is -3.22. The van der Waals surface area contributed by atoms with Crippen molar-refractivity contribution in [3.63, 3.8) is 0 Å². The number of carbonyl (C=O) groups is 1. The van der Waals surface area contributed by atoms with Crippen molar-refractivity contribution in [3.05, 3.63) is 81.8 Å². The van der Waals surface area contributed by atoms with E-state index in [4.69, 9.17) is 0 Å². The largest absolute Gasteiger partial charge is 0.336 e. The van der Waals surface area contributed by atoms with Gasteiger partial charge in [-0.15, -0.1) is 10.2 Å². The molecule has 0 aliphatic carbocycles. The Bertz CT molecular complexity index is 1040. The van der Waals surface area contributed by atoms with Gasteiger partial charge in [-0.1, -0.05) is 30.3 Å². The van der Waals surface area contributed by atoms with Crippen molar-refractivity contribution in [2.45, 2.75) is 32.9 Å². The molecule has 1 aromatic carbocycles. The molecule has 1 amide bonds. The number of carbonyl (C=O) groups excluding carboxylic acids is 1. The SMILES string of the molecule is CCn1ccc(C(=O)N2CCc3nnc(Cc4ccccc4)n3CC2)cc1=O. The smallest absolute Gasteiger partial charge is 0.254 e. The highest BCUT2D eigenvalue weighted by molar-refractivity contribution is 5.94. The number of pyridine rings is 1. The Morgan fingerprint density at radius 1 is 1.07 bits per heavy atom. The van der Waals surface area contributed by atoms with Crippen LogP contribution in [0.5, 0.6) is 0 Å². The maximum absolute atomic E-state index is 12.9. The first kappa shape index (κ1) is 18.2. The molecule has 1 aliphatic rings. The average Bonchev–Trinajstić information content (AvgIpc) is 2.96. The van der Waals surface area contributed by atoms with Crippen LogP contribution in [-0.2, 0) is 25.9 Å². The zero-order valence-corrected chi connectivity index (χ0v) is 15.9. The van der Waals surface area contributed by atoms with Crippen LogP contribution in [0.1, 0.15) is 34.5 Å². The Labute approximate surface area is 163 Å². The third kappa shape index (κ3) is 3.60. The van der Waals surface area contributed by atoms with Gasteiger partial charge in [0.15, 0.2) is 0 Å². The molecule has 0 N–H and O–H groups in total. The van der Waals surface area contributed by atoms with E-state index >= 15 is 0 Å². The predicted molar refractivity (Wildman–Crippen MR) is 105 cm³/mol. The van der Waals surface area contributed by atoms with Crippen molar-refractivity contribution in [3.8, 4) is 0 Å². The molecule has 28 heavy (non-hydrogen) atoms. The van der Waals surface area contributed by atoms with E-state index < -0.39 is 0 Å². The topological polar surface area (TPSA) is 73.0 Å². The molecule has 0 spiro atoms. The number of hydrogen-bond donors (Lipinski definition) is 0. The number of fused-ring (bicyclic) bond motifs is 1. The second kappa shape index (κ2) is 7.80. The second-order valence-electron chi connectivity index (χ2n) is 6.93. The molecular weight excluding hydrogens is 354 g/mol. The van der Waals surface area contributed by atoms with Gasteiger partial charge in [0.1, 0.15) is 11.6 Å². The van der Waals surface area contributed by atoms with Crippen molar-refractivity contribution in [2.24, 2.45) is 0 Å². The lowest BCUT2D eigenvalue weighted by Gasteiger charge is -2.20. The molecule has 3 aromatic rings. The fourth-order valence-electron chi connectivity index (χ4n) is 3.58. The van der Waals surface area contributed by atoms with Gasteiger partial charge >= 0.3 is 0 Å². The third-order valence-corrected chi connectivity index (χ3v) is 5.18. The number of aromatic nitrogens is 4. The zero-order valence-electron chi connectivity index (χ0n) is 15.9. The average molecular weight is 377 g/mol. The molecule has 7 heteroatoms.